The van der Waals surface area contributed by atoms with Gasteiger partial charge in [0.25, 0.3) is 0 Å². The normalized spacial score (nSPS) is 12.5. The van der Waals surface area contributed by atoms with Gasteiger partial charge in [0.2, 0.25) is 6.17 Å². The molecular formula is C9H8F2O2. The molecule has 0 heterocycles. The second kappa shape index (κ2) is 3.51. The maximum absolute atomic E-state index is 12.9. The predicted octanol–water partition coefficient (Wildman–Crippen LogP) is 2.23. The van der Waals surface area contributed by atoms with E-state index in [1.165, 1.54) is 6.92 Å². The molecule has 1 rings (SSSR count). The highest BCUT2D eigenvalue weighted by molar-refractivity contribution is 5.74. The van der Waals surface area contributed by atoms with Crippen LogP contribution >= 0.6 is 0 Å². The summed E-state index contributed by atoms with van der Waals surface area (Å²) in [6, 6.07) is 3.28. The lowest BCUT2D eigenvalue weighted by Crippen LogP contribution is -2.07. The van der Waals surface area contributed by atoms with Crippen molar-refractivity contribution in [3.8, 4) is 0 Å². The zero-order chi connectivity index (χ0) is 10.0. The molecule has 0 aliphatic heterocycles. The Morgan fingerprint density at radius 2 is 2.15 bits per heavy atom. The molecule has 1 unspecified atom stereocenters. The number of carboxylic acids is 1. The van der Waals surface area contributed by atoms with Crippen LogP contribution in [0.4, 0.5) is 8.78 Å². The standard InChI is InChI=1S/C9H8F2O2/c1-5-4-6(10)2-3-7(5)8(11)9(12)13/h2-4,8H,1H3,(H,12,13). The molecule has 0 amide bonds. The third-order valence-corrected chi connectivity index (χ3v) is 1.72. The van der Waals surface area contributed by atoms with Crippen LogP contribution in [-0.4, -0.2) is 11.1 Å². The molecule has 1 atom stereocenters. The molecule has 2 nitrogen and oxygen atoms in total. The molecule has 1 aromatic rings. The van der Waals surface area contributed by atoms with E-state index >= 15 is 0 Å². The molecule has 0 spiro atoms. The van der Waals surface area contributed by atoms with Crippen molar-refractivity contribution in [3.63, 3.8) is 0 Å². The zero-order valence-electron chi connectivity index (χ0n) is 6.92. The molecule has 1 aromatic carbocycles. The lowest BCUT2D eigenvalue weighted by Gasteiger charge is -2.06. The molecule has 0 aliphatic rings. The van der Waals surface area contributed by atoms with Gasteiger partial charge in [0.05, 0.1) is 0 Å². The highest BCUT2D eigenvalue weighted by Crippen LogP contribution is 2.21. The van der Waals surface area contributed by atoms with Gasteiger partial charge in [-0.25, -0.2) is 13.6 Å². The molecule has 0 fully saturated rings. The number of halogens is 2. The maximum Gasteiger partial charge on any atom is 0.343 e. The van der Waals surface area contributed by atoms with Crippen LogP contribution in [0.25, 0.3) is 0 Å². The van der Waals surface area contributed by atoms with E-state index in [0.29, 0.717) is 5.56 Å². The Morgan fingerprint density at radius 3 is 2.62 bits per heavy atom. The molecule has 0 saturated heterocycles. The van der Waals surface area contributed by atoms with Gasteiger partial charge in [0, 0.05) is 5.56 Å². The number of aryl methyl sites for hydroxylation is 1. The first-order valence-corrected chi connectivity index (χ1v) is 3.65. The molecule has 0 aliphatic carbocycles. The Hall–Kier alpha value is -1.45. The summed E-state index contributed by atoms with van der Waals surface area (Å²) >= 11 is 0. The van der Waals surface area contributed by atoms with E-state index in [9.17, 15) is 13.6 Å². The Bertz CT molecular complexity index is 336. The molecule has 0 bridgehead atoms. The predicted molar refractivity (Wildman–Crippen MR) is 42.6 cm³/mol. The van der Waals surface area contributed by atoms with Crippen molar-refractivity contribution >= 4 is 5.97 Å². The fourth-order valence-corrected chi connectivity index (χ4v) is 1.06. The number of alkyl halides is 1. The fourth-order valence-electron chi connectivity index (χ4n) is 1.06. The van der Waals surface area contributed by atoms with E-state index in [1.54, 1.807) is 0 Å². The summed E-state index contributed by atoms with van der Waals surface area (Å²) < 4.78 is 25.5. The summed E-state index contributed by atoms with van der Waals surface area (Å²) in [5.41, 5.74) is 0.295. The van der Waals surface area contributed by atoms with Crippen LogP contribution < -0.4 is 0 Å². The molecule has 0 aromatic heterocycles. The maximum atomic E-state index is 12.9. The highest BCUT2D eigenvalue weighted by atomic mass is 19.1. The zero-order valence-corrected chi connectivity index (χ0v) is 6.92. The molecular weight excluding hydrogens is 178 g/mol. The lowest BCUT2D eigenvalue weighted by molar-refractivity contribution is -0.143. The minimum Gasteiger partial charge on any atom is -0.479 e. The van der Waals surface area contributed by atoms with Gasteiger partial charge in [0.1, 0.15) is 5.82 Å². The molecule has 13 heavy (non-hydrogen) atoms. The number of hydrogen-bond donors (Lipinski definition) is 1. The monoisotopic (exact) mass is 186 g/mol. The van der Waals surface area contributed by atoms with E-state index in [4.69, 9.17) is 5.11 Å². The third-order valence-electron chi connectivity index (χ3n) is 1.72. The highest BCUT2D eigenvalue weighted by Gasteiger charge is 2.20. The number of aliphatic carboxylic acids is 1. The van der Waals surface area contributed by atoms with Crippen molar-refractivity contribution in [2.75, 3.05) is 0 Å². The van der Waals surface area contributed by atoms with E-state index in [1.807, 2.05) is 0 Å². The van der Waals surface area contributed by atoms with Crippen LogP contribution in [-0.2, 0) is 4.79 Å². The Labute approximate surface area is 73.8 Å². The number of carbonyl (C=O) groups is 1. The molecule has 0 saturated carbocycles. The summed E-state index contributed by atoms with van der Waals surface area (Å²) in [5.74, 6) is -2.06. The summed E-state index contributed by atoms with van der Waals surface area (Å²) in [5, 5.41) is 8.36. The van der Waals surface area contributed by atoms with Crippen LogP contribution in [0.2, 0.25) is 0 Å². The Balaban J connectivity index is 3.08. The fraction of sp³-hybridized carbons (Fsp3) is 0.222. The van der Waals surface area contributed by atoms with Crippen molar-refractivity contribution in [2.45, 2.75) is 13.1 Å². The average Bonchev–Trinajstić information content (AvgIpc) is 2.03. The summed E-state index contributed by atoms with van der Waals surface area (Å²) in [6.45, 7) is 1.47. The quantitative estimate of drug-likeness (QED) is 0.768. The Morgan fingerprint density at radius 1 is 1.54 bits per heavy atom. The Kier molecular flexibility index (Phi) is 2.60. The van der Waals surface area contributed by atoms with Crippen molar-refractivity contribution in [1.29, 1.82) is 0 Å². The van der Waals surface area contributed by atoms with E-state index < -0.39 is 18.0 Å². The van der Waals surface area contributed by atoms with Gasteiger partial charge in [0.15, 0.2) is 0 Å². The number of hydrogen-bond acceptors (Lipinski definition) is 1. The van der Waals surface area contributed by atoms with E-state index in [-0.39, 0.29) is 5.56 Å². The minimum absolute atomic E-state index is 0.00565. The third kappa shape index (κ3) is 2.02. The topological polar surface area (TPSA) is 37.3 Å². The van der Waals surface area contributed by atoms with Crippen LogP contribution in [0.5, 0.6) is 0 Å². The van der Waals surface area contributed by atoms with Crippen LogP contribution in [0.1, 0.15) is 17.3 Å². The van der Waals surface area contributed by atoms with Gasteiger partial charge >= 0.3 is 5.97 Å². The van der Waals surface area contributed by atoms with Crippen molar-refractivity contribution in [2.24, 2.45) is 0 Å². The van der Waals surface area contributed by atoms with Gasteiger partial charge < -0.3 is 5.11 Å². The molecule has 70 valence electrons. The second-order valence-electron chi connectivity index (χ2n) is 2.70. The second-order valence-corrected chi connectivity index (χ2v) is 2.70. The number of benzene rings is 1. The molecule has 4 heteroatoms. The SMILES string of the molecule is Cc1cc(F)ccc1C(F)C(=O)O. The number of carboxylic acid groups (broad SMARTS) is 1. The summed E-state index contributed by atoms with van der Waals surface area (Å²) in [7, 11) is 0. The van der Waals surface area contributed by atoms with Gasteiger partial charge in [-0.05, 0) is 24.6 Å². The molecule has 0 radical (unpaired) electrons. The lowest BCUT2D eigenvalue weighted by atomic mass is 10.0. The smallest absolute Gasteiger partial charge is 0.343 e. The van der Waals surface area contributed by atoms with Gasteiger partial charge in [-0.15, -0.1) is 0 Å². The van der Waals surface area contributed by atoms with Crippen molar-refractivity contribution in [1.82, 2.24) is 0 Å². The van der Waals surface area contributed by atoms with Gasteiger partial charge in [-0.2, -0.15) is 0 Å². The van der Waals surface area contributed by atoms with Crippen molar-refractivity contribution < 1.29 is 18.7 Å². The van der Waals surface area contributed by atoms with E-state index in [2.05, 4.69) is 0 Å². The van der Waals surface area contributed by atoms with Gasteiger partial charge in [-0.3, -0.25) is 0 Å². The largest absolute Gasteiger partial charge is 0.479 e. The van der Waals surface area contributed by atoms with Crippen molar-refractivity contribution in [3.05, 3.63) is 35.1 Å². The van der Waals surface area contributed by atoms with Crippen LogP contribution in [0.3, 0.4) is 0 Å². The summed E-state index contributed by atoms with van der Waals surface area (Å²) in [6.07, 6.45) is -2.08. The first-order chi connectivity index (χ1) is 6.02. The minimum atomic E-state index is -2.08. The van der Waals surface area contributed by atoms with Gasteiger partial charge in [-0.1, -0.05) is 6.07 Å². The first-order valence-electron chi connectivity index (χ1n) is 3.65. The van der Waals surface area contributed by atoms with Crippen LogP contribution in [0, 0.1) is 12.7 Å². The number of rotatable bonds is 2. The summed E-state index contributed by atoms with van der Waals surface area (Å²) in [4.78, 5) is 10.3. The van der Waals surface area contributed by atoms with E-state index in [0.717, 1.165) is 18.2 Å². The molecule has 1 N–H and O–H groups in total. The van der Waals surface area contributed by atoms with Crippen LogP contribution in [0.15, 0.2) is 18.2 Å². The first kappa shape index (κ1) is 9.64. The average molecular weight is 186 g/mol.